The number of rotatable bonds is 5. The monoisotopic (exact) mass is 292 g/mol. The van der Waals surface area contributed by atoms with Crippen molar-refractivity contribution in [2.75, 3.05) is 31.1 Å². The molecule has 0 amide bonds. The fourth-order valence-corrected chi connectivity index (χ4v) is 3.09. The average molecular weight is 292 g/mol. The smallest absolute Gasteiger partial charge is 0.141 e. The second kappa shape index (κ2) is 6.28. The van der Waals surface area contributed by atoms with Crippen LogP contribution in [0.15, 0.2) is 12.3 Å². The van der Waals surface area contributed by atoms with E-state index in [1.807, 2.05) is 0 Å². The number of hydrogen-bond donors (Lipinski definition) is 1. The van der Waals surface area contributed by atoms with E-state index in [2.05, 4.69) is 33.9 Å². The van der Waals surface area contributed by atoms with E-state index in [4.69, 9.17) is 0 Å². The molecule has 21 heavy (non-hydrogen) atoms. The Morgan fingerprint density at radius 2 is 2.19 bits per heavy atom. The van der Waals surface area contributed by atoms with E-state index in [1.54, 1.807) is 6.07 Å². The maximum absolute atomic E-state index is 13.5. The molecule has 1 aliphatic carbocycles. The van der Waals surface area contributed by atoms with Gasteiger partial charge in [0.2, 0.25) is 0 Å². The molecule has 116 valence electrons. The number of nitrogens with zero attached hydrogens (tertiary/aromatic N) is 3. The summed E-state index contributed by atoms with van der Waals surface area (Å²) in [5, 5.41) is 3.47. The first-order chi connectivity index (χ1) is 10.2. The highest BCUT2D eigenvalue weighted by Crippen LogP contribution is 2.24. The Balaban J connectivity index is 1.73. The summed E-state index contributed by atoms with van der Waals surface area (Å²) in [6.07, 6.45) is 3.82. The highest BCUT2D eigenvalue weighted by Gasteiger charge is 2.26. The van der Waals surface area contributed by atoms with Crippen LogP contribution in [0.25, 0.3) is 0 Å². The van der Waals surface area contributed by atoms with Gasteiger partial charge in [0.15, 0.2) is 0 Å². The zero-order valence-electron chi connectivity index (χ0n) is 13.0. The number of aromatic nitrogens is 1. The number of halogens is 1. The maximum Gasteiger partial charge on any atom is 0.141 e. The second-order valence-electron chi connectivity index (χ2n) is 6.22. The van der Waals surface area contributed by atoms with Crippen LogP contribution in [0.4, 0.5) is 10.2 Å². The Morgan fingerprint density at radius 3 is 2.86 bits per heavy atom. The highest BCUT2D eigenvalue weighted by atomic mass is 19.1. The number of anilines is 1. The normalized spacial score (nSPS) is 23.6. The van der Waals surface area contributed by atoms with Crippen molar-refractivity contribution in [3.8, 4) is 0 Å². The first-order valence-electron chi connectivity index (χ1n) is 8.04. The number of nitrogens with one attached hydrogen (secondary N) is 1. The van der Waals surface area contributed by atoms with Crippen molar-refractivity contribution in [3.05, 3.63) is 23.6 Å². The largest absolute Gasteiger partial charge is 0.354 e. The topological polar surface area (TPSA) is 31.4 Å². The lowest BCUT2D eigenvalue weighted by Crippen LogP contribution is -2.52. The lowest BCUT2D eigenvalue weighted by atomic mass is 10.1. The summed E-state index contributed by atoms with van der Waals surface area (Å²) in [6, 6.07) is 2.77. The molecule has 0 radical (unpaired) electrons. The first-order valence-corrected chi connectivity index (χ1v) is 8.04. The van der Waals surface area contributed by atoms with Gasteiger partial charge in [-0.25, -0.2) is 9.37 Å². The number of likely N-dealkylation sites (N-methyl/N-ethyl adjacent to an activating group) is 1. The van der Waals surface area contributed by atoms with E-state index in [-0.39, 0.29) is 5.82 Å². The summed E-state index contributed by atoms with van der Waals surface area (Å²) in [7, 11) is 0. The van der Waals surface area contributed by atoms with E-state index in [9.17, 15) is 4.39 Å². The zero-order chi connectivity index (χ0) is 14.8. The Morgan fingerprint density at radius 1 is 1.38 bits per heavy atom. The minimum atomic E-state index is -0.244. The van der Waals surface area contributed by atoms with E-state index in [0.717, 1.165) is 37.6 Å². The van der Waals surface area contributed by atoms with E-state index in [1.165, 1.54) is 19.0 Å². The molecule has 1 aromatic rings. The first kappa shape index (κ1) is 14.7. The molecule has 3 rings (SSSR count). The average Bonchev–Trinajstić information content (AvgIpc) is 3.29. The van der Waals surface area contributed by atoms with Crippen molar-refractivity contribution in [1.29, 1.82) is 0 Å². The van der Waals surface area contributed by atoms with Crippen molar-refractivity contribution < 1.29 is 4.39 Å². The summed E-state index contributed by atoms with van der Waals surface area (Å²) >= 11 is 0. The zero-order valence-corrected chi connectivity index (χ0v) is 13.0. The standard InChI is InChI=1S/C16H25FN4/c1-3-20-6-7-21(11-12(20)2)16-13(8-14(17)10-19-16)9-18-15-4-5-15/h8,10,12,15,18H,3-7,9,11H2,1-2H3. The minimum Gasteiger partial charge on any atom is -0.354 e. The van der Waals surface area contributed by atoms with Crippen molar-refractivity contribution in [3.63, 3.8) is 0 Å². The van der Waals surface area contributed by atoms with Crippen LogP contribution in [0.3, 0.4) is 0 Å². The van der Waals surface area contributed by atoms with Gasteiger partial charge >= 0.3 is 0 Å². The third-order valence-electron chi connectivity index (χ3n) is 4.54. The Bertz CT molecular complexity index is 489. The van der Waals surface area contributed by atoms with E-state index in [0.29, 0.717) is 18.6 Å². The van der Waals surface area contributed by atoms with E-state index >= 15 is 0 Å². The molecule has 1 atom stereocenters. The van der Waals surface area contributed by atoms with Gasteiger partial charge in [0, 0.05) is 43.8 Å². The van der Waals surface area contributed by atoms with Crippen LogP contribution in [-0.2, 0) is 6.54 Å². The molecule has 4 nitrogen and oxygen atoms in total. The van der Waals surface area contributed by atoms with Gasteiger partial charge in [0.1, 0.15) is 11.6 Å². The maximum atomic E-state index is 13.5. The van der Waals surface area contributed by atoms with Crippen LogP contribution in [0.5, 0.6) is 0 Å². The van der Waals surface area contributed by atoms with Gasteiger partial charge in [-0.05, 0) is 32.4 Å². The fraction of sp³-hybridized carbons (Fsp3) is 0.688. The molecule has 1 aliphatic heterocycles. The molecule has 0 bridgehead atoms. The molecule has 1 aromatic heterocycles. The van der Waals surface area contributed by atoms with Crippen LogP contribution in [-0.4, -0.2) is 48.1 Å². The number of piperazine rings is 1. The Labute approximate surface area is 126 Å². The SMILES string of the molecule is CCN1CCN(c2ncc(F)cc2CNC2CC2)CC1C. The molecule has 5 heteroatoms. The van der Waals surface area contributed by atoms with Gasteiger partial charge in [-0.1, -0.05) is 6.92 Å². The molecule has 1 saturated carbocycles. The fourth-order valence-electron chi connectivity index (χ4n) is 3.09. The summed E-state index contributed by atoms with van der Waals surface area (Å²) in [5.41, 5.74) is 0.985. The molecule has 1 saturated heterocycles. The third-order valence-corrected chi connectivity index (χ3v) is 4.54. The number of pyridine rings is 1. The predicted octanol–water partition coefficient (Wildman–Crippen LogP) is 2.00. The molecule has 0 spiro atoms. The van der Waals surface area contributed by atoms with Gasteiger partial charge in [-0.15, -0.1) is 0 Å². The van der Waals surface area contributed by atoms with Gasteiger partial charge < -0.3 is 10.2 Å². The molecule has 0 aromatic carbocycles. The summed E-state index contributed by atoms with van der Waals surface area (Å²) in [5.74, 6) is 0.707. The van der Waals surface area contributed by atoms with E-state index < -0.39 is 0 Å². The van der Waals surface area contributed by atoms with Crippen LogP contribution in [0.2, 0.25) is 0 Å². The van der Waals surface area contributed by atoms with Gasteiger partial charge in [-0.3, -0.25) is 4.90 Å². The molecule has 2 fully saturated rings. The van der Waals surface area contributed by atoms with Crippen LogP contribution in [0, 0.1) is 5.82 Å². The Hall–Kier alpha value is -1.20. The molecule has 1 N–H and O–H groups in total. The molecule has 2 heterocycles. The summed E-state index contributed by atoms with van der Waals surface area (Å²) in [6.45, 7) is 9.23. The summed E-state index contributed by atoms with van der Waals surface area (Å²) in [4.78, 5) is 9.16. The van der Waals surface area contributed by atoms with Gasteiger partial charge in [0.05, 0.1) is 6.20 Å². The third kappa shape index (κ3) is 3.52. The second-order valence-corrected chi connectivity index (χ2v) is 6.22. The molecular formula is C16H25FN4. The lowest BCUT2D eigenvalue weighted by molar-refractivity contribution is 0.199. The number of hydrogen-bond acceptors (Lipinski definition) is 4. The van der Waals surface area contributed by atoms with Gasteiger partial charge in [0.25, 0.3) is 0 Å². The molecule has 2 aliphatic rings. The molecule has 1 unspecified atom stereocenters. The summed E-state index contributed by atoms with van der Waals surface area (Å²) < 4.78 is 13.5. The van der Waals surface area contributed by atoms with Crippen molar-refractivity contribution in [2.45, 2.75) is 45.3 Å². The van der Waals surface area contributed by atoms with Crippen molar-refractivity contribution >= 4 is 5.82 Å². The van der Waals surface area contributed by atoms with Crippen LogP contribution < -0.4 is 10.2 Å². The predicted molar refractivity (Wildman–Crippen MR) is 83.0 cm³/mol. The van der Waals surface area contributed by atoms with Gasteiger partial charge in [-0.2, -0.15) is 0 Å². The molecular weight excluding hydrogens is 267 g/mol. The van der Waals surface area contributed by atoms with Crippen LogP contribution >= 0.6 is 0 Å². The minimum absolute atomic E-state index is 0.244. The van der Waals surface area contributed by atoms with Crippen LogP contribution in [0.1, 0.15) is 32.3 Å². The van der Waals surface area contributed by atoms with Crippen molar-refractivity contribution in [1.82, 2.24) is 15.2 Å². The quantitative estimate of drug-likeness (QED) is 0.899. The highest BCUT2D eigenvalue weighted by molar-refractivity contribution is 5.47. The lowest BCUT2D eigenvalue weighted by Gasteiger charge is -2.40. The Kier molecular flexibility index (Phi) is 4.40. The van der Waals surface area contributed by atoms with Crippen molar-refractivity contribution in [2.24, 2.45) is 0 Å².